The maximum atomic E-state index is 13.2. The monoisotopic (exact) mass is 418 g/mol. The molecule has 0 aliphatic heterocycles. The number of nitrogens with zero attached hydrogens (tertiary/aromatic N) is 1. The molecule has 0 saturated heterocycles. The van der Waals surface area contributed by atoms with E-state index in [2.05, 4.69) is 11.9 Å². The van der Waals surface area contributed by atoms with E-state index in [9.17, 15) is 14.4 Å². The highest BCUT2D eigenvalue weighted by Crippen LogP contribution is 2.32. The van der Waals surface area contributed by atoms with Crippen molar-refractivity contribution in [2.24, 2.45) is 5.92 Å². The highest BCUT2D eigenvalue weighted by atomic mass is 16.5. The van der Waals surface area contributed by atoms with Gasteiger partial charge in [0.25, 0.3) is 0 Å². The van der Waals surface area contributed by atoms with Crippen LogP contribution in [0.25, 0.3) is 10.9 Å². The Morgan fingerprint density at radius 1 is 1.16 bits per heavy atom. The number of Topliss-reactive ketones (excluding diaryl/α,β-unsaturated/α-hetero) is 2. The minimum atomic E-state index is -0.509. The van der Waals surface area contributed by atoms with E-state index in [1.165, 1.54) is 6.92 Å². The largest absolute Gasteiger partial charge is 0.454 e. The average molecular weight is 418 g/mol. The number of aromatic nitrogens is 2. The smallest absolute Gasteiger partial charge is 0.339 e. The van der Waals surface area contributed by atoms with E-state index in [-0.39, 0.29) is 11.6 Å². The van der Waals surface area contributed by atoms with E-state index >= 15 is 0 Å². The van der Waals surface area contributed by atoms with Gasteiger partial charge in [-0.05, 0) is 63.1 Å². The highest BCUT2D eigenvalue weighted by Gasteiger charge is 2.27. The van der Waals surface area contributed by atoms with Gasteiger partial charge in [0.05, 0.1) is 16.8 Å². The van der Waals surface area contributed by atoms with Gasteiger partial charge in [-0.15, -0.1) is 0 Å². The molecule has 1 aliphatic rings. The molecule has 4 rings (SSSR count). The summed E-state index contributed by atoms with van der Waals surface area (Å²) in [4.78, 5) is 45.5. The number of benzene rings is 1. The fourth-order valence-electron chi connectivity index (χ4n) is 4.63. The standard InChI is InChI=1S/C25H26N2O4/c1-13-9-10-20-18(11-13)23(17-7-5-6-8-19(17)27-20)25(30)31-12-21(29)24-14(2)22(16(4)28)15(3)26-24/h5-8,13,26H,9-12H2,1-4H3. The lowest BCUT2D eigenvalue weighted by molar-refractivity contribution is 0.0473. The summed E-state index contributed by atoms with van der Waals surface area (Å²) in [6.45, 7) is 6.72. The van der Waals surface area contributed by atoms with Gasteiger partial charge in [0, 0.05) is 22.3 Å². The summed E-state index contributed by atoms with van der Waals surface area (Å²) < 4.78 is 5.50. The zero-order chi connectivity index (χ0) is 22.3. The fourth-order valence-corrected chi connectivity index (χ4v) is 4.63. The molecule has 3 aromatic rings. The van der Waals surface area contributed by atoms with Crippen molar-refractivity contribution in [3.05, 3.63) is 63.6 Å². The first-order chi connectivity index (χ1) is 14.8. The Hall–Kier alpha value is -3.28. The number of nitrogens with one attached hydrogen (secondary N) is 1. The number of esters is 1. The lowest BCUT2D eigenvalue weighted by Crippen LogP contribution is -2.21. The number of para-hydroxylation sites is 1. The third kappa shape index (κ3) is 3.78. The normalized spacial score (nSPS) is 15.5. The van der Waals surface area contributed by atoms with Crippen LogP contribution in [0, 0.1) is 19.8 Å². The van der Waals surface area contributed by atoms with Crippen LogP contribution in [-0.2, 0) is 17.6 Å². The molecule has 6 heteroatoms. The summed E-state index contributed by atoms with van der Waals surface area (Å²) in [5.41, 5.74) is 5.20. The molecular formula is C25H26N2O4. The second-order valence-corrected chi connectivity index (χ2v) is 8.46. The maximum Gasteiger partial charge on any atom is 0.339 e. The summed E-state index contributed by atoms with van der Waals surface area (Å²) >= 11 is 0. The molecule has 0 spiro atoms. The Kier molecular flexibility index (Phi) is 5.48. The molecule has 1 N–H and O–H groups in total. The zero-order valence-corrected chi connectivity index (χ0v) is 18.3. The number of carbonyl (C=O) groups excluding carboxylic acids is 3. The molecule has 2 heterocycles. The molecule has 1 unspecified atom stereocenters. The van der Waals surface area contributed by atoms with Crippen LogP contribution in [0.5, 0.6) is 0 Å². The number of hydrogen-bond donors (Lipinski definition) is 1. The van der Waals surface area contributed by atoms with Crippen LogP contribution in [-0.4, -0.2) is 34.1 Å². The second kappa shape index (κ2) is 8.10. The van der Waals surface area contributed by atoms with Crippen LogP contribution in [0.2, 0.25) is 0 Å². The Morgan fingerprint density at radius 3 is 2.61 bits per heavy atom. The maximum absolute atomic E-state index is 13.2. The van der Waals surface area contributed by atoms with E-state index in [1.807, 2.05) is 24.3 Å². The van der Waals surface area contributed by atoms with Crippen molar-refractivity contribution >= 4 is 28.4 Å². The molecule has 0 fully saturated rings. The Morgan fingerprint density at radius 2 is 1.90 bits per heavy atom. The Labute approximate surface area is 181 Å². The molecule has 0 radical (unpaired) electrons. The lowest BCUT2D eigenvalue weighted by atomic mass is 9.84. The number of rotatable bonds is 5. The second-order valence-electron chi connectivity index (χ2n) is 8.46. The van der Waals surface area contributed by atoms with Gasteiger partial charge in [0.15, 0.2) is 12.4 Å². The first kappa shape index (κ1) is 21.0. The van der Waals surface area contributed by atoms with Gasteiger partial charge in [-0.3, -0.25) is 14.6 Å². The van der Waals surface area contributed by atoms with Crippen molar-refractivity contribution in [1.82, 2.24) is 9.97 Å². The molecule has 31 heavy (non-hydrogen) atoms. The number of fused-ring (bicyclic) bond motifs is 2. The van der Waals surface area contributed by atoms with Gasteiger partial charge in [0.1, 0.15) is 0 Å². The minimum absolute atomic E-state index is 0.105. The van der Waals surface area contributed by atoms with E-state index < -0.39 is 12.6 Å². The number of H-pyrrole nitrogens is 1. The van der Waals surface area contributed by atoms with Crippen LogP contribution in [0.4, 0.5) is 0 Å². The van der Waals surface area contributed by atoms with E-state index in [4.69, 9.17) is 9.72 Å². The molecule has 0 saturated carbocycles. The number of carbonyl (C=O) groups is 3. The minimum Gasteiger partial charge on any atom is -0.454 e. The van der Waals surface area contributed by atoms with Crippen molar-refractivity contribution < 1.29 is 19.1 Å². The molecule has 160 valence electrons. The average Bonchev–Trinajstić information content (AvgIpc) is 3.04. The van der Waals surface area contributed by atoms with Gasteiger partial charge < -0.3 is 9.72 Å². The van der Waals surface area contributed by atoms with Gasteiger partial charge in [-0.2, -0.15) is 0 Å². The first-order valence-corrected chi connectivity index (χ1v) is 10.6. The van der Waals surface area contributed by atoms with Crippen LogP contribution < -0.4 is 0 Å². The highest BCUT2D eigenvalue weighted by molar-refractivity contribution is 6.07. The lowest BCUT2D eigenvalue weighted by Gasteiger charge is -2.24. The molecular weight excluding hydrogens is 392 g/mol. The number of ether oxygens (including phenoxy) is 1. The van der Waals surface area contributed by atoms with Gasteiger partial charge >= 0.3 is 5.97 Å². The van der Waals surface area contributed by atoms with Crippen molar-refractivity contribution in [2.45, 2.75) is 47.0 Å². The fraction of sp³-hybridized carbons (Fsp3) is 0.360. The van der Waals surface area contributed by atoms with Crippen LogP contribution in [0.1, 0.15) is 74.0 Å². The SMILES string of the molecule is CC(=O)c1c(C)[nH]c(C(=O)COC(=O)c2c3c(nc4ccccc24)CCC(C)C3)c1C. The third-order valence-electron chi connectivity index (χ3n) is 6.11. The topological polar surface area (TPSA) is 89.1 Å². The summed E-state index contributed by atoms with van der Waals surface area (Å²) in [6, 6.07) is 7.54. The molecule has 1 aromatic carbocycles. The first-order valence-electron chi connectivity index (χ1n) is 10.6. The molecule has 1 atom stereocenters. The number of ketones is 2. The Bertz CT molecular complexity index is 1220. The number of pyridine rings is 1. The molecule has 6 nitrogen and oxygen atoms in total. The number of hydrogen-bond acceptors (Lipinski definition) is 5. The van der Waals surface area contributed by atoms with Crippen LogP contribution in [0.3, 0.4) is 0 Å². The quantitative estimate of drug-likeness (QED) is 0.485. The van der Waals surface area contributed by atoms with Crippen molar-refractivity contribution in [3.63, 3.8) is 0 Å². The van der Waals surface area contributed by atoms with Gasteiger partial charge in [0.2, 0.25) is 5.78 Å². The number of aryl methyl sites for hydroxylation is 2. The summed E-state index contributed by atoms with van der Waals surface area (Å²) in [6.07, 6.45) is 2.63. The molecule has 1 aliphatic carbocycles. The number of aromatic amines is 1. The predicted molar refractivity (Wildman–Crippen MR) is 118 cm³/mol. The van der Waals surface area contributed by atoms with E-state index in [0.717, 1.165) is 41.4 Å². The van der Waals surface area contributed by atoms with E-state index in [0.29, 0.717) is 34.0 Å². The van der Waals surface area contributed by atoms with Crippen molar-refractivity contribution in [2.75, 3.05) is 6.61 Å². The summed E-state index contributed by atoms with van der Waals surface area (Å²) in [5.74, 6) is -0.517. The van der Waals surface area contributed by atoms with Gasteiger partial charge in [-0.25, -0.2) is 4.79 Å². The summed E-state index contributed by atoms with van der Waals surface area (Å²) in [7, 11) is 0. The zero-order valence-electron chi connectivity index (χ0n) is 18.3. The Balaban J connectivity index is 1.64. The third-order valence-corrected chi connectivity index (χ3v) is 6.11. The predicted octanol–water partition coefficient (Wildman–Crippen LogP) is 4.55. The van der Waals surface area contributed by atoms with Crippen LogP contribution >= 0.6 is 0 Å². The van der Waals surface area contributed by atoms with Crippen LogP contribution in [0.15, 0.2) is 24.3 Å². The van der Waals surface area contributed by atoms with Crippen molar-refractivity contribution in [3.8, 4) is 0 Å². The molecule has 2 aromatic heterocycles. The van der Waals surface area contributed by atoms with E-state index in [1.54, 1.807) is 13.8 Å². The van der Waals surface area contributed by atoms with Crippen molar-refractivity contribution in [1.29, 1.82) is 0 Å². The van der Waals surface area contributed by atoms with Gasteiger partial charge in [-0.1, -0.05) is 25.1 Å². The summed E-state index contributed by atoms with van der Waals surface area (Å²) in [5, 5.41) is 0.749. The molecule has 0 bridgehead atoms. The molecule has 0 amide bonds.